The van der Waals surface area contributed by atoms with Gasteiger partial charge in [-0.2, -0.15) is 0 Å². The molecule has 3 rings (SSSR count). The summed E-state index contributed by atoms with van der Waals surface area (Å²) in [7, 11) is -3.01. The summed E-state index contributed by atoms with van der Waals surface area (Å²) >= 11 is 0. The fraction of sp³-hybridized carbons (Fsp3) is 0.588. The van der Waals surface area contributed by atoms with Gasteiger partial charge in [0.1, 0.15) is 0 Å². The van der Waals surface area contributed by atoms with Crippen molar-refractivity contribution >= 4 is 15.7 Å². The SMILES string of the molecule is Cc1ccc(C2CCCN2C(=O)C2CCS(=O)(=O)C2)cc1C. The Kier molecular flexibility index (Phi) is 4.02. The molecule has 2 aliphatic rings. The predicted octanol–water partition coefficient (Wildman–Crippen LogP) is 2.40. The summed E-state index contributed by atoms with van der Waals surface area (Å²) in [6.45, 7) is 4.91. The van der Waals surface area contributed by atoms with Gasteiger partial charge in [-0.15, -0.1) is 0 Å². The largest absolute Gasteiger partial charge is 0.335 e. The van der Waals surface area contributed by atoms with Gasteiger partial charge in [-0.05, 0) is 49.8 Å². The van der Waals surface area contributed by atoms with Crippen LogP contribution in [0.1, 0.15) is 42.0 Å². The Labute approximate surface area is 132 Å². The second-order valence-corrected chi connectivity index (χ2v) is 8.86. The van der Waals surface area contributed by atoms with Crippen LogP contribution in [0.3, 0.4) is 0 Å². The molecule has 0 N–H and O–H groups in total. The molecule has 2 heterocycles. The first-order valence-electron chi connectivity index (χ1n) is 7.95. The maximum absolute atomic E-state index is 12.7. The van der Waals surface area contributed by atoms with Gasteiger partial charge < -0.3 is 4.90 Å². The van der Waals surface area contributed by atoms with Gasteiger partial charge in [0.05, 0.1) is 23.5 Å². The molecule has 2 saturated heterocycles. The number of carbonyl (C=O) groups is 1. The van der Waals surface area contributed by atoms with Crippen molar-refractivity contribution in [2.24, 2.45) is 5.92 Å². The van der Waals surface area contributed by atoms with E-state index in [-0.39, 0.29) is 29.4 Å². The quantitative estimate of drug-likeness (QED) is 0.840. The van der Waals surface area contributed by atoms with Crippen molar-refractivity contribution in [2.45, 2.75) is 39.2 Å². The van der Waals surface area contributed by atoms with Crippen LogP contribution in [0.4, 0.5) is 0 Å². The van der Waals surface area contributed by atoms with Gasteiger partial charge in [-0.3, -0.25) is 4.79 Å². The number of benzene rings is 1. The van der Waals surface area contributed by atoms with Crippen molar-refractivity contribution in [1.82, 2.24) is 4.90 Å². The fourth-order valence-corrected chi connectivity index (χ4v) is 5.31. The van der Waals surface area contributed by atoms with Crippen molar-refractivity contribution in [1.29, 1.82) is 0 Å². The highest BCUT2D eigenvalue weighted by Crippen LogP contribution is 2.35. The van der Waals surface area contributed by atoms with E-state index >= 15 is 0 Å². The Morgan fingerprint density at radius 2 is 1.95 bits per heavy atom. The zero-order valence-corrected chi connectivity index (χ0v) is 14.0. The summed E-state index contributed by atoms with van der Waals surface area (Å²) in [6, 6.07) is 6.47. The first-order valence-corrected chi connectivity index (χ1v) is 9.77. The first-order chi connectivity index (χ1) is 10.4. The van der Waals surface area contributed by atoms with Gasteiger partial charge in [-0.25, -0.2) is 8.42 Å². The van der Waals surface area contributed by atoms with Crippen molar-refractivity contribution < 1.29 is 13.2 Å². The van der Waals surface area contributed by atoms with E-state index < -0.39 is 9.84 Å². The lowest BCUT2D eigenvalue weighted by Crippen LogP contribution is -2.36. The van der Waals surface area contributed by atoms with E-state index in [2.05, 4.69) is 32.0 Å². The number of hydrogen-bond donors (Lipinski definition) is 0. The molecule has 1 aromatic carbocycles. The molecule has 1 amide bonds. The lowest BCUT2D eigenvalue weighted by molar-refractivity contribution is -0.135. The Hall–Kier alpha value is -1.36. The molecule has 2 unspecified atom stereocenters. The van der Waals surface area contributed by atoms with Gasteiger partial charge in [0.15, 0.2) is 9.84 Å². The van der Waals surface area contributed by atoms with Crippen LogP contribution in [0.5, 0.6) is 0 Å². The Balaban J connectivity index is 1.81. The van der Waals surface area contributed by atoms with E-state index in [4.69, 9.17) is 0 Å². The maximum Gasteiger partial charge on any atom is 0.227 e. The fourth-order valence-electron chi connectivity index (χ4n) is 3.57. The second kappa shape index (κ2) is 5.69. The van der Waals surface area contributed by atoms with Gasteiger partial charge in [0.25, 0.3) is 0 Å². The smallest absolute Gasteiger partial charge is 0.227 e. The monoisotopic (exact) mass is 321 g/mol. The molecule has 22 heavy (non-hydrogen) atoms. The highest BCUT2D eigenvalue weighted by Gasteiger charge is 2.39. The van der Waals surface area contributed by atoms with Crippen LogP contribution in [0.15, 0.2) is 18.2 Å². The number of carbonyl (C=O) groups excluding carboxylic acids is 1. The standard InChI is InChI=1S/C17H23NO3S/c1-12-5-6-14(10-13(12)2)16-4-3-8-18(16)17(19)15-7-9-22(20,21)11-15/h5-6,10,15-16H,3-4,7-9,11H2,1-2H3. The number of rotatable bonds is 2. The highest BCUT2D eigenvalue weighted by molar-refractivity contribution is 7.91. The third kappa shape index (κ3) is 2.91. The number of amides is 1. The minimum atomic E-state index is -3.01. The van der Waals surface area contributed by atoms with E-state index in [1.165, 1.54) is 16.7 Å². The van der Waals surface area contributed by atoms with Crippen LogP contribution in [-0.2, 0) is 14.6 Å². The minimum Gasteiger partial charge on any atom is -0.335 e. The van der Waals surface area contributed by atoms with Gasteiger partial charge in [0, 0.05) is 6.54 Å². The van der Waals surface area contributed by atoms with Crippen molar-refractivity contribution in [3.63, 3.8) is 0 Å². The van der Waals surface area contributed by atoms with E-state index in [1.807, 2.05) is 4.90 Å². The lowest BCUT2D eigenvalue weighted by atomic mass is 9.98. The van der Waals surface area contributed by atoms with E-state index in [9.17, 15) is 13.2 Å². The predicted molar refractivity (Wildman–Crippen MR) is 86.4 cm³/mol. The molecule has 0 aromatic heterocycles. The van der Waals surface area contributed by atoms with E-state index in [0.29, 0.717) is 6.42 Å². The van der Waals surface area contributed by atoms with E-state index in [1.54, 1.807) is 0 Å². The highest BCUT2D eigenvalue weighted by atomic mass is 32.2. The molecule has 120 valence electrons. The molecule has 2 atom stereocenters. The molecule has 0 bridgehead atoms. The van der Waals surface area contributed by atoms with Gasteiger partial charge in [-0.1, -0.05) is 18.2 Å². The first kappa shape index (κ1) is 15.5. The summed E-state index contributed by atoms with van der Waals surface area (Å²) in [4.78, 5) is 14.6. The molecule has 2 aliphatic heterocycles. The molecule has 1 aromatic rings. The summed E-state index contributed by atoms with van der Waals surface area (Å²) in [6.07, 6.45) is 2.44. The minimum absolute atomic E-state index is 0.0294. The molecule has 0 spiro atoms. The van der Waals surface area contributed by atoms with Crippen LogP contribution in [0, 0.1) is 19.8 Å². The average Bonchev–Trinajstić information content (AvgIpc) is 3.07. The zero-order valence-electron chi connectivity index (χ0n) is 13.2. The Bertz CT molecular complexity index is 696. The molecular formula is C17H23NO3S. The molecule has 2 fully saturated rings. The van der Waals surface area contributed by atoms with E-state index in [0.717, 1.165) is 19.4 Å². The number of nitrogens with zero attached hydrogens (tertiary/aromatic N) is 1. The third-order valence-electron chi connectivity index (χ3n) is 5.03. The van der Waals surface area contributed by atoms with Crippen molar-refractivity contribution in [2.75, 3.05) is 18.1 Å². The third-order valence-corrected chi connectivity index (χ3v) is 6.80. The number of hydrogen-bond acceptors (Lipinski definition) is 3. The molecule has 4 nitrogen and oxygen atoms in total. The van der Waals surface area contributed by atoms with Crippen LogP contribution in [0.25, 0.3) is 0 Å². The van der Waals surface area contributed by atoms with Crippen LogP contribution >= 0.6 is 0 Å². The molecule has 0 radical (unpaired) electrons. The average molecular weight is 321 g/mol. The summed E-state index contributed by atoms with van der Waals surface area (Å²) in [5, 5.41) is 0. The number of aryl methyl sites for hydroxylation is 2. The van der Waals surface area contributed by atoms with Crippen LogP contribution in [-0.4, -0.2) is 37.3 Å². The Morgan fingerprint density at radius 1 is 1.18 bits per heavy atom. The van der Waals surface area contributed by atoms with Crippen LogP contribution < -0.4 is 0 Å². The van der Waals surface area contributed by atoms with Crippen molar-refractivity contribution in [3.05, 3.63) is 34.9 Å². The molecular weight excluding hydrogens is 298 g/mol. The second-order valence-electron chi connectivity index (χ2n) is 6.63. The topological polar surface area (TPSA) is 54.5 Å². The lowest BCUT2D eigenvalue weighted by Gasteiger charge is -2.28. The Morgan fingerprint density at radius 3 is 2.59 bits per heavy atom. The summed E-state index contributed by atoms with van der Waals surface area (Å²) in [5.74, 6) is -0.119. The molecule has 5 heteroatoms. The molecule has 0 saturated carbocycles. The van der Waals surface area contributed by atoms with Gasteiger partial charge in [0.2, 0.25) is 5.91 Å². The number of likely N-dealkylation sites (tertiary alicyclic amines) is 1. The summed E-state index contributed by atoms with van der Waals surface area (Å²) < 4.78 is 23.2. The zero-order chi connectivity index (χ0) is 15.9. The summed E-state index contributed by atoms with van der Waals surface area (Å²) in [5.41, 5.74) is 3.66. The number of sulfone groups is 1. The van der Waals surface area contributed by atoms with Crippen LogP contribution in [0.2, 0.25) is 0 Å². The normalized spacial score (nSPS) is 27.3. The van der Waals surface area contributed by atoms with Gasteiger partial charge >= 0.3 is 0 Å². The maximum atomic E-state index is 12.7. The van der Waals surface area contributed by atoms with Crippen molar-refractivity contribution in [3.8, 4) is 0 Å². The molecule has 0 aliphatic carbocycles.